The van der Waals surface area contributed by atoms with E-state index < -0.39 is 0 Å². The molecule has 0 aliphatic heterocycles. The van der Waals surface area contributed by atoms with Gasteiger partial charge < -0.3 is 10.7 Å². The van der Waals surface area contributed by atoms with E-state index in [0.717, 1.165) is 17.8 Å². The highest BCUT2D eigenvalue weighted by molar-refractivity contribution is 5.58. The summed E-state index contributed by atoms with van der Waals surface area (Å²) in [5, 5.41) is 3.59. The molecule has 0 amide bonds. The molecule has 0 spiro atoms. The number of rotatable bonds is 9. The molecule has 0 aliphatic rings. The van der Waals surface area contributed by atoms with E-state index >= 15 is 0 Å². The second-order valence-corrected chi connectivity index (χ2v) is 5.56. The predicted octanol–water partition coefficient (Wildman–Crippen LogP) is 3.66. The van der Waals surface area contributed by atoms with E-state index in [1.165, 1.54) is 25.7 Å². The van der Waals surface area contributed by atoms with E-state index in [-0.39, 0.29) is 0 Å². The number of hydrazine groups is 1. The van der Waals surface area contributed by atoms with E-state index in [4.69, 9.17) is 5.84 Å². The summed E-state index contributed by atoms with van der Waals surface area (Å²) in [6.07, 6.45) is 7.53. The maximum atomic E-state index is 5.56. The van der Waals surface area contributed by atoms with Gasteiger partial charge in [-0.3, -0.25) is 0 Å². The molecule has 1 atom stereocenters. The Morgan fingerprint density at radius 2 is 1.80 bits per heavy atom. The second kappa shape index (κ2) is 8.74. The lowest BCUT2D eigenvalue weighted by molar-refractivity contribution is 0.561. The van der Waals surface area contributed by atoms with Gasteiger partial charge in [0.2, 0.25) is 0 Å². The van der Waals surface area contributed by atoms with Gasteiger partial charge in [-0.05, 0) is 18.8 Å². The Kier molecular flexibility index (Phi) is 7.30. The zero-order valence-electron chi connectivity index (χ0n) is 13.2. The molecule has 1 unspecified atom stereocenters. The largest absolute Gasteiger partial charge is 0.367 e. The second-order valence-electron chi connectivity index (χ2n) is 5.56. The van der Waals surface area contributed by atoms with E-state index in [1.807, 2.05) is 0 Å². The predicted molar refractivity (Wildman–Crippen MR) is 85.8 cm³/mol. The number of unbranched alkanes of at least 4 members (excludes halogenated alkanes) is 1. The minimum Gasteiger partial charge on any atom is -0.367 e. The van der Waals surface area contributed by atoms with Crippen LogP contribution in [-0.4, -0.2) is 16.0 Å². The van der Waals surface area contributed by atoms with Crippen LogP contribution in [0.4, 0.5) is 11.6 Å². The SMILES string of the molecule is CCCCC(CCC)Nc1ncnc(NN)c1C(C)C. The third-order valence-corrected chi connectivity index (χ3v) is 3.48. The Labute approximate surface area is 122 Å². The Morgan fingerprint density at radius 3 is 2.35 bits per heavy atom. The van der Waals surface area contributed by atoms with Crippen LogP contribution in [0.5, 0.6) is 0 Å². The Bertz CT molecular complexity index is 392. The van der Waals surface area contributed by atoms with Crippen molar-refractivity contribution in [2.24, 2.45) is 5.84 Å². The first-order valence-electron chi connectivity index (χ1n) is 7.72. The number of hydrogen-bond acceptors (Lipinski definition) is 5. The van der Waals surface area contributed by atoms with Crippen molar-refractivity contribution in [3.05, 3.63) is 11.9 Å². The molecule has 1 rings (SSSR count). The quantitative estimate of drug-likeness (QED) is 0.475. The van der Waals surface area contributed by atoms with Gasteiger partial charge in [-0.15, -0.1) is 0 Å². The van der Waals surface area contributed by atoms with Crippen LogP contribution in [0.3, 0.4) is 0 Å². The molecule has 1 aromatic rings. The third-order valence-electron chi connectivity index (χ3n) is 3.48. The van der Waals surface area contributed by atoms with Gasteiger partial charge in [0.15, 0.2) is 0 Å². The summed E-state index contributed by atoms with van der Waals surface area (Å²) in [5.74, 6) is 7.50. The molecule has 0 saturated heterocycles. The Morgan fingerprint density at radius 1 is 1.10 bits per heavy atom. The van der Waals surface area contributed by atoms with E-state index in [2.05, 4.69) is 48.4 Å². The summed E-state index contributed by atoms with van der Waals surface area (Å²) in [4.78, 5) is 8.63. The molecule has 20 heavy (non-hydrogen) atoms. The first-order valence-corrected chi connectivity index (χ1v) is 7.72. The number of nitrogens with one attached hydrogen (secondary N) is 2. The minimum atomic E-state index is 0.318. The monoisotopic (exact) mass is 279 g/mol. The van der Waals surface area contributed by atoms with Gasteiger partial charge in [0.1, 0.15) is 18.0 Å². The van der Waals surface area contributed by atoms with Crippen molar-refractivity contribution in [1.29, 1.82) is 0 Å². The lowest BCUT2D eigenvalue weighted by Crippen LogP contribution is -2.22. The minimum absolute atomic E-state index is 0.318. The van der Waals surface area contributed by atoms with Crippen LogP contribution < -0.4 is 16.6 Å². The average molecular weight is 279 g/mol. The molecule has 1 aromatic heterocycles. The molecule has 0 aromatic carbocycles. The third kappa shape index (κ3) is 4.63. The first kappa shape index (κ1) is 16.7. The lowest BCUT2D eigenvalue weighted by atomic mass is 10.0. The van der Waals surface area contributed by atoms with Crippen LogP contribution in [0, 0.1) is 0 Å². The molecular formula is C15H29N5. The van der Waals surface area contributed by atoms with E-state index in [0.29, 0.717) is 17.8 Å². The van der Waals surface area contributed by atoms with Crippen molar-refractivity contribution in [1.82, 2.24) is 9.97 Å². The van der Waals surface area contributed by atoms with Gasteiger partial charge in [0, 0.05) is 11.6 Å². The molecule has 0 fully saturated rings. The van der Waals surface area contributed by atoms with Crippen LogP contribution in [-0.2, 0) is 0 Å². The Hall–Kier alpha value is -1.36. The molecule has 5 nitrogen and oxygen atoms in total. The topological polar surface area (TPSA) is 75.9 Å². The maximum absolute atomic E-state index is 5.56. The summed E-state index contributed by atoms with van der Waals surface area (Å²) in [6, 6.07) is 0.470. The standard InChI is InChI=1S/C15H29N5/c1-5-7-9-12(8-6-2)19-14-13(11(3)4)15(20-16)18-10-17-14/h10-12H,5-9,16H2,1-4H3,(H2,17,18,19,20). The van der Waals surface area contributed by atoms with Crippen molar-refractivity contribution >= 4 is 11.6 Å². The molecule has 0 saturated carbocycles. The normalized spacial score (nSPS) is 12.5. The average Bonchev–Trinajstić information content (AvgIpc) is 2.44. The molecule has 1 heterocycles. The number of nitrogens with zero attached hydrogens (tertiary/aromatic N) is 2. The molecular weight excluding hydrogens is 250 g/mol. The van der Waals surface area contributed by atoms with Gasteiger partial charge in [0.05, 0.1) is 0 Å². The van der Waals surface area contributed by atoms with Crippen LogP contribution >= 0.6 is 0 Å². The van der Waals surface area contributed by atoms with Crippen molar-refractivity contribution in [3.63, 3.8) is 0 Å². The van der Waals surface area contributed by atoms with Gasteiger partial charge >= 0.3 is 0 Å². The van der Waals surface area contributed by atoms with Crippen LogP contribution in [0.15, 0.2) is 6.33 Å². The lowest BCUT2D eigenvalue weighted by Gasteiger charge is -2.22. The Balaban J connectivity index is 2.93. The van der Waals surface area contributed by atoms with Gasteiger partial charge in [0.25, 0.3) is 0 Å². The molecule has 0 bridgehead atoms. The molecule has 4 N–H and O–H groups in total. The molecule has 114 valence electrons. The van der Waals surface area contributed by atoms with Crippen LogP contribution in [0.25, 0.3) is 0 Å². The highest BCUT2D eigenvalue weighted by atomic mass is 15.3. The van der Waals surface area contributed by atoms with Crippen molar-refractivity contribution in [2.75, 3.05) is 10.7 Å². The van der Waals surface area contributed by atoms with Gasteiger partial charge in [-0.25, -0.2) is 15.8 Å². The fourth-order valence-electron chi connectivity index (χ4n) is 2.45. The van der Waals surface area contributed by atoms with Crippen LogP contribution in [0.1, 0.15) is 71.3 Å². The van der Waals surface area contributed by atoms with Crippen LogP contribution in [0.2, 0.25) is 0 Å². The van der Waals surface area contributed by atoms with Crippen molar-refractivity contribution < 1.29 is 0 Å². The number of nitrogens with two attached hydrogens (primary N) is 1. The smallest absolute Gasteiger partial charge is 0.148 e. The number of aromatic nitrogens is 2. The fraction of sp³-hybridized carbons (Fsp3) is 0.733. The summed E-state index contributed by atoms with van der Waals surface area (Å²) < 4.78 is 0. The maximum Gasteiger partial charge on any atom is 0.148 e. The molecule has 0 radical (unpaired) electrons. The summed E-state index contributed by atoms with van der Waals surface area (Å²) in [6.45, 7) is 8.71. The fourth-order valence-corrected chi connectivity index (χ4v) is 2.45. The summed E-state index contributed by atoms with van der Waals surface area (Å²) >= 11 is 0. The number of anilines is 2. The molecule has 5 heteroatoms. The highest BCUT2D eigenvalue weighted by Gasteiger charge is 2.17. The number of hydrogen-bond donors (Lipinski definition) is 3. The summed E-state index contributed by atoms with van der Waals surface area (Å²) in [7, 11) is 0. The van der Waals surface area contributed by atoms with Crippen molar-refractivity contribution in [3.8, 4) is 0 Å². The van der Waals surface area contributed by atoms with Crippen molar-refractivity contribution in [2.45, 2.75) is 71.8 Å². The van der Waals surface area contributed by atoms with Gasteiger partial charge in [-0.2, -0.15) is 0 Å². The summed E-state index contributed by atoms with van der Waals surface area (Å²) in [5.41, 5.74) is 3.74. The number of nitrogen functional groups attached to an aromatic ring is 1. The zero-order valence-corrected chi connectivity index (χ0v) is 13.2. The van der Waals surface area contributed by atoms with E-state index in [1.54, 1.807) is 6.33 Å². The molecule has 0 aliphatic carbocycles. The van der Waals surface area contributed by atoms with Gasteiger partial charge in [-0.1, -0.05) is 47.0 Å². The van der Waals surface area contributed by atoms with E-state index in [9.17, 15) is 0 Å². The highest BCUT2D eigenvalue weighted by Crippen LogP contribution is 2.29. The zero-order chi connectivity index (χ0) is 15.0. The first-order chi connectivity index (χ1) is 9.63.